The summed E-state index contributed by atoms with van der Waals surface area (Å²) < 4.78 is 19.8. The van der Waals surface area contributed by atoms with E-state index in [-0.39, 0.29) is 11.7 Å². The van der Waals surface area contributed by atoms with Gasteiger partial charge in [0.15, 0.2) is 11.6 Å². The third-order valence-corrected chi connectivity index (χ3v) is 4.30. The van der Waals surface area contributed by atoms with E-state index in [0.29, 0.717) is 28.3 Å². The van der Waals surface area contributed by atoms with E-state index in [0.717, 1.165) is 0 Å². The first-order valence-corrected chi connectivity index (χ1v) is 8.81. The van der Waals surface area contributed by atoms with Gasteiger partial charge in [0.05, 0.1) is 17.0 Å². The summed E-state index contributed by atoms with van der Waals surface area (Å²) >= 11 is 0. The molecule has 138 valence electrons. The van der Waals surface area contributed by atoms with Gasteiger partial charge < -0.3 is 4.74 Å². The minimum atomic E-state index is -0.472. The number of benzene rings is 3. The van der Waals surface area contributed by atoms with E-state index in [1.807, 2.05) is 48.5 Å². The van der Waals surface area contributed by atoms with Crippen molar-refractivity contribution in [2.45, 2.75) is 6.92 Å². The number of rotatable bonds is 4. The van der Waals surface area contributed by atoms with Crippen molar-refractivity contribution < 1.29 is 13.9 Å². The molecule has 0 fully saturated rings. The fourth-order valence-corrected chi connectivity index (χ4v) is 2.90. The van der Waals surface area contributed by atoms with E-state index in [1.54, 1.807) is 37.3 Å². The van der Waals surface area contributed by atoms with E-state index in [1.165, 1.54) is 11.1 Å². The minimum absolute atomic E-state index is 0.0977. The van der Waals surface area contributed by atoms with Crippen LogP contribution in [0.4, 0.5) is 10.1 Å². The van der Waals surface area contributed by atoms with Crippen LogP contribution in [-0.2, 0) is 4.79 Å². The van der Waals surface area contributed by atoms with Gasteiger partial charge in [-0.3, -0.25) is 4.79 Å². The quantitative estimate of drug-likeness (QED) is 0.574. The van der Waals surface area contributed by atoms with Gasteiger partial charge in [-0.25, -0.2) is 4.39 Å². The van der Waals surface area contributed by atoms with Crippen LogP contribution in [0.3, 0.4) is 0 Å². The standard InChI is InChI=1S/C23H17FN2O2/c1-16-20(23(27)26(25-16)18-8-4-2-5-9-18)14-17-12-13-21(24)22(15-17)28-19-10-6-3-7-11-19/h2-15H,1H3. The van der Waals surface area contributed by atoms with E-state index in [2.05, 4.69) is 5.10 Å². The number of para-hydroxylation sites is 2. The van der Waals surface area contributed by atoms with E-state index < -0.39 is 5.82 Å². The predicted molar refractivity (Wildman–Crippen MR) is 108 cm³/mol. The van der Waals surface area contributed by atoms with Crippen LogP contribution in [0.5, 0.6) is 11.5 Å². The minimum Gasteiger partial charge on any atom is -0.454 e. The van der Waals surface area contributed by atoms with Crippen molar-refractivity contribution in [2.75, 3.05) is 5.01 Å². The molecule has 0 spiro atoms. The Hall–Kier alpha value is -3.73. The van der Waals surface area contributed by atoms with Gasteiger partial charge in [-0.05, 0) is 55.0 Å². The molecule has 0 unspecified atom stereocenters. The Morgan fingerprint density at radius 1 is 0.964 bits per heavy atom. The monoisotopic (exact) mass is 372 g/mol. The molecule has 1 heterocycles. The highest BCUT2D eigenvalue weighted by Gasteiger charge is 2.28. The maximum Gasteiger partial charge on any atom is 0.280 e. The lowest BCUT2D eigenvalue weighted by atomic mass is 10.1. The highest BCUT2D eigenvalue weighted by molar-refractivity contribution is 6.32. The summed E-state index contributed by atoms with van der Waals surface area (Å²) in [6.45, 7) is 1.78. The topological polar surface area (TPSA) is 41.9 Å². The molecule has 1 amide bonds. The molecule has 4 nitrogen and oxygen atoms in total. The van der Waals surface area contributed by atoms with Gasteiger partial charge in [0.2, 0.25) is 0 Å². The zero-order valence-corrected chi connectivity index (χ0v) is 15.2. The maximum atomic E-state index is 14.2. The number of amides is 1. The smallest absolute Gasteiger partial charge is 0.280 e. The highest BCUT2D eigenvalue weighted by Crippen LogP contribution is 2.28. The lowest BCUT2D eigenvalue weighted by molar-refractivity contribution is -0.114. The summed E-state index contributed by atoms with van der Waals surface area (Å²) in [4.78, 5) is 12.8. The number of carbonyl (C=O) groups excluding carboxylic acids is 1. The molecular formula is C23H17FN2O2. The van der Waals surface area contributed by atoms with Crippen molar-refractivity contribution in [2.24, 2.45) is 5.10 Å². The molecule has 1 aliphatic rings. The van der Waals surface area contributed by atoms with Crippen molar-refractivity contribution in [3.8, 4) is 11.5 Å². The molecule has 0 N–H and O–H groups in total. The molecule has 0 saturated heterocycles. The second-order valence-electron chi connectivity index (χ2n) is 6.30. The van der Waals surface area contributed by atoms with Gasteiger partial charge in [-0.2, -0.15) is 10.1 Å². The van der Waals surface area contributed by atoms with Crippen molar-refractivity contribution in [1.82, 2.24) is 0 Å². The summed E-state index contributed by atoms with van der Waals surface area (Å²) in [5.74, 6) is -0.0600. The van der Waals surface area contributed by atoms with Crippen LogP contribution in [0, 0.1) is 5.82 Å². The number of hydrogen-bond donors (Lipinski definition) is 0. The first kappa shape index (κ1) is 17.7. The third kappa shape index (κ3) is 3.55. The molecule has 0 aliphatic carbocycles. The van der Waals surface area contributed by atoms with Crippen LogP contribution < -0.4 is 9.75 Å². The number of hydrogen-bond acceptors (Lipinski definition) is 3. The molecule has 1 aliphatic heterocycles. The van der Waals surface area contributed by atoms with Gasteiger partial charge >= 0.3 is 0 Å². The number of carbonyl (C=O) groups is 1. The SMILES string of the molecule is CC1=NN(c2ccccc2)C(=O)C1=Cc1ccc(F)c(Oc2ccccc2)c1. The highest BCUT2D eigenvalue weighted by atomic mass is 19.1. The Morgan fingerprint density at radius 3 is 2.36 bits per heavy atom. The van der Waals surface area contributed by atoms with Crippen molar-refractivity contribution in [1.29, 1.82) is 0 Å². The summed E-state index contributed by atoms with van der Waals surface area (Å²) in [6.07, 6.45) is 1.70. The normalized spacial score (nSPS) is 15.1. The molecule has 5 heteroatoms. The lowest BCUT2D eigenvalue weighted by Crippen LogP contribution is -2.21. The number of halogens is 1. The average Bonchev–Trinajstić information content (AvgIpc) is 3.00. The Labute approximate surface area is 162 Å². The number of anilines is 1. The fraction of sp³-hybridized carbons (Fsp3) is 0.0435. The lowest BCUT2D eigenvalue weighted by Gasteiger charge is -2.11. The molecule has 0 radical (unpaired) electrons. The maximum absolute atomic E-state index is 14.2. The van der Waals surface area contributed by atoms with Crippen molar-refractivity contribution in [3.63, 3.8) is 0 Å². The molecule has 4 rings (SSSR count). The Balaban J connectivity index is 1.63. The van der Waals surface area contributed by atoms with E-state index in [4.69, 9.17) is 4.74 Å². The van der Waals surface area contributed by atoms with Crippen LogP contribution in [-0.4, -0.2) is 11.6 Å². The second-order valence-corrected chi connectivity index (χ2v) is 6.30. The summed E-state index contributed by atoms with van der Waals surface area (Å²) in [7, 11) is 0. The summed E-state index contributed by atoms with van der Waals surface area (Å²) in [5.41, 5.74) is 2.41. The summed E-state index contributed by atoms with van der Waals surface area (Å²) in [6, 6.07) is 22.7. The first-order chi connectivity index (χ1) is 13.6. The first-order valence-electron chi connectivity index (χ1n) is 8.81. The Bertz CT molecular complexity index is 1080. The van der Waals surface area contributed by atoms with E-state index >= 15 is 0 Å². The Morgan fingerprint density at radius 2 is 1.64 bits per heavy atom. The number of ether oxygens (including phenoxy) is 1. The van der Waals surface area contributed by atoms with Gasteiger partial charge in [-0.15, -0.1) is 0 Å². The molecule has 3 aromatic carbocycles. The van der Waals surface area contributed by atoms with Crippen molar-refractivity contribution in [3.05, 3.63) is 95.8 Å². The van der Waals surface area contributed by atoms with Gasteiger partial charge in [-0.1, -0.05) is 42.5 Å². The molecule has 0 saturated carbocycles. The van der Waals surface area contributed by atoms with Gasteiger partial charge in [0.1, 0.15) is 5.75 Å². The molecule has 0 bridgehead atoms. The van der Waals surface area contributed by atoms with Crippen LogP contribution in [0.25, 0.3) is 6.08 Å². The average molecular weight is 372 g/mol. The van der Waals surface area contributed by atoms with Crippen LogP contribution in [0.1, 0.15) is 12.5 Å². The zero-order valence-electron chi connectivity index (χ0n) is 15.2. The van der Waals surface area contributed by atoms with Crippen LogP contribution in [0.2, 0.25) is 0 Å². The molecule has 0 atom stereocenters. The predicted octanol–water partition coefficient (Wildman–Crippen LogP) is 5.42. The van der Waals surface area contributed by atoms with Crippen LogP contribution >= 0.6 is 0 Å². The second kappa shape index (κ2) is 7.48. The third-order valence-electron chi connectivity index (χ3n) is 4.30. The van der Waals surface area contributed by atoms with Gasteiger partial charge in [0, 0.05) is 0 Å². The largest absolute Gasteiger partial charge is 0.454 e. The van der Waals surface area contributed by atoms with Crippen LogP contribution in [0.15, 0.2) is 89.5 Å². The number of nitrogens with zero attached hydrogens (tertiary/aromatic N) is 2. The fourth-order valence-electron chi connectivity index (χ4n) is 2.90. The molecule has 28 heavy (non-hydrogen) atoms. The Kier molecular flexibility index (Phi) is 4.72. The number of hydrazone groups is 1. The van der Waals surface area contributed by atoms with Gasteiger partial charge in [0.25, 0.3) is 5.91 Å². The van der Waals surface area contributed by atoms with E-state index in [9.17, 15) is 9.18 Å². The molecular weight excluding hydrogens is 355 g/mol. The zero-order chi connectivity index (χ0) is 19.5. The summed E-state index contributed by atoms with van der Waals surface area (Å²) in [5, 5.41) is 5.72. The molecule has 0 aromatic heterocycles. The van der Waals surface area contributed by atoms with Crippen molar-refractivity contribution >= 4 is 23.4 Å². The molecule has 3 aromatic rings.